The van der Waals surface area contributed by atoms with Crippen LogP contribution in [0.5, 0.6) is 0 Å². The van der Waals surface area contributed by atoms with E-state index in [-0.39, 0.29) is 6.61 Å². The summed E-state index contributed by atoms with van der Waals surface area (Å²) in [7, 11) is 0. The van der Waals surface area contributed by atoms with Gasteiger partial charge in [-0.15, -0.1) is 11.3 Å². The summed E-state index contributed by atoms with van der Waals surface area (Å²) in [6, 6.07) is 4.11. The molecule has 4 heterocycles. The molecule has 0 radical (unpaired) electrons. The maximum atomic E-state index is 9.09. The molecule has 4 rings (SSSR count). The third kappa shape index (κ3) is 3.55. The van der Waals surface area contributed by atoms with Crippen LogP contribution in [0.15, 0.2) is 22.1 Å². The third-order valence-electron chi connectivity index (χ3n) is 4.19. The van der Waals surface area contributed by atoms with Gasteiger partial charge in [-0.2, -0.15) is 0 Å². The van der Waals surface area contributed by atoms with Gasteiger partial charge >= 0.3 is 0 Å². The summed E-state index contributed by atoms with van der Waals surface area (Å²) in [4.78, 5) is 14.8. The van der Waals surface area contributed by atoms with Crippen molar-refractivity contribution in [2.24, 2.45) is 0 Å². The van der Waals surface area contributed by atoms with Crippen LogP contribution in [-0.2, 0) is 6.54 Å². The number of β-amino-alcohol motifs (C(OH)–C–C–N with tert-alkyl or cyclic N) is 1. The first-order valence-corrected chi connectivity index (χ1v) is 9.06. The van der Waals surface area contributed by atoms with Gasteiger partial charge < -0.3 is 15.3 Å². The molecule has 0 aromatic carbocycles. The van der Waals surface area contributed by atoms with Crippen molar-refractivity contribution in [1.82, 2.24) is 25.2 Å². The van der Waals surface area contributed by atoms with E-state index in [0.29, 0.717) is 30.2 Å². The van der Waals surface area contributed by atoms with Crippen LogP contribution in [0.4, 0.5) is 11.6 Å². The molecule has 10 heteroatoms. The molecule has 2 N–H and O–H groups in total. The number of hydrogen-bond donors (Lipinski definition) is 2. The Morgan fingerprint density at radius 3 is 2.68 bits per heavy atom. The first-order chi connectivity index (χ1) is 12.3. The number of piperazine rings is 1. The molecule has 0 saturated carbocycles. The van der Waals surface area contributed by atoms with Gasteiger partial charge in [0.25, 0.3) is 0 Å². The topological polar surface area (TPSA) is 103 Å². The van der Waals surface area contributed by atoms with E-state index >= 15 is 0 Å². The molecule has 0 amide bonds. The Morgan fingerprint density at radius 2 is 1.96 bits per heavy atom. The van der Waals surface area contributed by atoms with Crippen LogP contribution in [0.2, 0.25) is 0 Å². The normalized spacial score (nSPS) is 15.8. The summed E-state index contributed by atoms with van der Waals surface area (Å²) in [5.41, 5.74) is 0.811. The zero-order chi connectivity index (χ0) is 17.1. The summed E-state index contributed by atoms with van der Waals surface area (Å²) in [6.45, 7) is 4.96. The number of aliphatic hydroxyl groups excluding tert-OH is 1. The number of anilines is 2. The Bertz CT molecular complexity index is 815. The molecule has 1 aliphatic rings. The summed E-state index contributed by atoms with van der Waals surface area (Å²) in [6.07, 6.45) is 0. The molecule has 9 nitrogen and oxygen atoms in total. The van der Waals surface area contributed by atoms with E-state index in [0.717, 1.165) is 32.0 Å². The molecule has 1 aliphatic heterocycles. The minimum absolute atomic E-state index is 0.185. The maximum Gasteiger partial charge on any atom is 0.245 e. The Balaban J connectivity index is 1.56. The highest BCUT2D eigenvalue weighted by atomic mass is 32.1. The molecule has 0 atom stereocenters. The molecule has 25 heavy (non-hydrogen) atoms. The minimum Gasteiger partial charge on any atom is -0.395 e. The molecule has 0 spiro atoms. The van der Waals surface area contributed by atoms with Crippen LogP contribution in [-0.4, -0.2) is 69.6 Å². The van der Waals surface area contributed by atoms with E-state index in [1.165, 1.54) is 4.88 Å². The highest BCUT2D eigenvalue weighted by Gasteiger charge is 2.22. The maximum absolute atomic E-state index is 9.09. The Hall–Kier alpha value is -2.30. The fourth-order valence-corrected chi connectivity index (χ4v) is 3.52. The van der Waals surface area contributed by atoms with Crippen molar-refractivity contribution in [2.75, 3.05) is 49.5 Å². The molecule has 1 saturated heterocycles. The van der Waals surface area contributed by atoms with Crippen molar-refractivity contribution in [2.45, 2.75) is 6.54 Å². The van der Waals surface area contributed by atoms with E-state index in [9.17, 15) is 0 Å². The molecular weight excluding hydrogens is 342 g/mol. The predicted octanol–water partition coefficient (Wildman–Crippen LogP) is 0.801. The lowest BCUT2D eigenvalue weighted by molar-refractivity contribution is 0.188. The van der Waals surface area contributed by atoms with Crippen molar-refractivity contribution >= 4 is 34.3 Å². The number of fused-ring (bicyclic) bond motifs is 1. The zero-order valence-corrected chi connectivity index (χ0v) is 14.4. The fraction of sp³-hybridized carbons (Fsp3) is 0.467. The third-order valence-corrected chi connectivity index (χ3v) is 5.07. The lowest BCUT2D eigenvalue weighted by Gasteiger charge is -2.35. The summed E-state index contributed by atoms with van der Waals surface area (Å²) < 4.78 is 4.76. The Kier molecular flexibility index (Phi) is 4.72. The van der Waals surface area contributed by atoms with Gasteiger partial charge in [0.1, 0.15) is 0 Å². The quantitative estimate of drug-likeness (QED) is 0.660. The highest BCUT2D eigenvalue weighted by molar-refractivity contribution is 7.09. The van der Waals surface area contributed by atoms with Crippen LogP contribution in [0.25, 0.3) is 11.3 Å². The number of aliphatic hydroxyl groups is 1. The lowest BCUT2D eigenvalue weighted by Crippen LogP contribution is -2.47. The van der Waals surface area contributed by atoms with Crippen molar-refractivity contribution in [3.05, 3.63) is 22.4 Å². The summed E-state index contributed by atoms with van der Waals surface area (Å²) in [5, 5.41) is 22.1. The second-order valence-corrected chi connectivity index (χ2v) is 6.82. The summed E-state index contributed by atoms with van der Waals surface area (Å²) in [5.74, 6) is 1.45. The average molecular weight is 361 g/mol. The second-order valence-electron chi connectivity index (χ2n) is 5.79. The number of thiophene rings is 1. The monoisotopic (exact) mass is 361 g/mol. The molecule has 3 aromatic heterocycles. The molecule has 0 bridgehead atoms. The predicted molar refractivity (Wildman–Crippen MR) is 94.8 cm³/mol. The van der Waals surface area contributed by atoms with Crippen LogP contribution in [0, 0.1) is 0 Å². The number of nitrogens with one attached hydrogen (secondary N) is 1. The van der Waals surface area contributed by atoms with Gasteiger partial charge in [-0.25, -0.2) is 14.6 Å². The van der Waals surface area contributed by atoms with Crippen molar-refractivity contribution < 1.29 is 9.74 Å². The van der Waals surface area contributed by atoms with Crippen molar-refractivity contribution in [3.8, 4) is 0 Å². The molecule has 3 aromatic rings. The number of nitrogens with zero attached hydrogens (tertiary/aromatic N) is 6. The molecular formula is C15H19N7O2S. The van der Waals surface area contributed by atoms with Crippen LogP contribution in [0.1, 0.15) is 4.88 Å². The van der Waals surface area contributed by atoms with Crippen LogP contribution < -0.4 is 10.2 Å². The van der Waals surface area contributed by atoms with Gasteiger partial charge in [-0.3, -0.25) is 4.90 Å². The molecule has 0 aliphatic carbocycles. The lowest BCUT2D eigenvalue weighted by atomic mass is 10.3. The number of rotatable bonds is 6. The second kappa shape index (κ2) is 7.30. The SMILES string of the molecule is OCCN1CCN(c2nc3nonc3nc2NCc2cccs2)CC1. The molecule has 1 fully saturated rings. The van der Waals surface area contributed by atoms with Gasteiger partial charge in [-0.05, 0) is 21.8 Å². The van der Waals surface area contributed by atoms with Crippen LogP contribution >= 0.6 is 11.3 Å². The minimum atomic E-state index is 0.185. The number of aromatic nitrogens is 4. The standard InChI is InChI=1S/C15H19N7O2S/c23-8-7-21-3-5-22(6-4-21)15-14(16-10-11-2-1-9-25-11)17-12-13(18-15)20-24-19-12/h1-2,9,23H,3-8,10H2,(H,16,17,19). The molecule has 0 unspecified atom stereocenters. The van der Waals surface area contributed by atoms with E-state index in [2.05, 4.69) is 46.8 Å². The smallest absolute Gasteiger partial charge is 0.245 e. The first kappa shape index (κ1) is 16.2. The van der Waals surface area contributed by atoms with Gasteiger partial charge in [0.05, 0.1) is 13.2 Å². The van der Waals surface area contributed by atoms with Crippen LogP contribution in [0.3, 0.4) is 0 Å². The average Bonchev–Trinajstić information content (AvgIpc) is 3.31. The van der Waals surface area contributed by atoms with E-state index < -0.39 is 0 Å². The zero-order valence-electron chi connectivity index (χ0n) is 13.6. The first-order valence-electron chi connectivity index (χ1n) is 8.18. The number of hydrogen-bond acceptors (Lipinski definition) is 10. The van der Waals surface area contributed by atoms with E-state index in [1.807, 2.05) is 6.07 Å². The van der Waals surface area contributed by atoms with Gasteiger partial charge in [0, 0.05) is 37.6 Å². The highest BCUT2D eigenvalue weighted by Crippen LogP contribution is 2.25. The molecule has 132 valence electrons. The summed E-state index contributed by atoms with van der Waals surface area (Å²) >= 11 is 1.69. The van der Waals surface area contributed by atoms with E-state index in [1.54, 1.807) is 11.3 Å². The Labute approximate surface area is 148 Å². The Morgan fingerprint density at radius 1 is 1.16 bits per heavy atom. The van der Waals surface area contributed by atoms with Gasteiger partial charge in [-0.1, -0.05) is 6.07 Å². The van der Waals surface area contributed by atoms with Gasteiger partial charge in [0.15, 0.2) is 11.6 Å². The van der Waals surface area contributed by atoms with Crippen molar-refractivity contribution in [1.29, 1.82) is 0 Å². The van der Waals surface area contributed by atoms with Crippen molar-refractivity contribution in [3.63, 3.8) is 0 Å². The van der Waals surface area contributed by atoms with E-state index in [4.69, 9.17) is 9.74 Å². The fourth-order valence-electron chi connectivity index (χ4n) is 2.88. The largest absolute Gasteiger partial charge is 0.395 e. The van der Waals surface area contributed by atoms with Gasteiger partial charge in [0.2, 0.25) is 11.3 Å².